The normalized spacial score (nSPS) is 10.7. The summed E-state index contributed by atoms with van der Waals surface area (Å²) in [4.78, 5) is 5.43. The van der Waals surface area contributed by atoms with Gasteiger partial charge in [-0.1, -0.05) is 0 Å². The molecule has 4 heteroatoms. The lowest BCUT2D eigenvalue weighted by atomic mass is 10.2. The molecule has 0 aliphatic rings. The molecule has 0 amide bonds. The third-order valence-electron chi connectivity index (χ3n) is 2.38. The Morgan fingerprint density at radius 2 is 2.00 bits per heavy atom. The Balaban J connectivity index is 2.34. The van der Waals surface area contributed by atoms with Gasteiger partial charge in [-0.25, -0.2) is 4.98 Å². The van der Waals surface area contributed by atoms with Crippen LogP contribution in [0.1, 0.15) is 11.5 Å². The predicted octanol–water partition coefficient (Wildman–Crippen LogP) is 2.86. The Labute approximate surface area is 98.5 Å². The van der Waals surface area contributed by atoms with Crippen LogP contribution in [0, 0.1) is 6.92 Å². The molecule has 1 N–H and O–H groups in total. The molecule has 0 saturated heterocycles. The molecule has 0 fully saturated rings. The number of thioether (sulfide) groups is 1. The van der Waals surface area contributed by atoms with Crippen LogP contribution in [-0.4, -0.2) is 16.3 Å². The van der Waals surface area contributed by atoms with Gasteiger partial charge < -0.3 is 9.52 Å². The summed E-state index contributed by atoms with van der Waals surface area (Å²) in [7, 11) is 0. The van der Waals surface area contributed by atoms with Crippen LogP contribution in [0.5, 0.6) is 0 Å². The van der Waals surface area contributed by atoms with E-state index >= 15 is 0 Å². The molecule has 1 aromatic heterocycles. The second-order valence-corrected chi connectivity index (χ2v) is 4.29. The quantitative estimate of drug-likeness (QED) is 0.831. The van der Waals surface area contributed by atoms with Crippen molar-refractivity contribution in [2.45, 2.75) is 18.4 Å². The molecule has 0 atom stereocenters. The van der Waals surface area contributed by atoms with Crippen molar-refractivity contribution in [3.05, 3.63) is 35.7 Å². The highest BCUT2D eigenvalue weighted by molar-refractivity contribution is 7.98. The first-order valence-electron chi connectivity index (χ1n) is 4.96. The first-order chi connectivity index (χ1) is 7.74. The van der Waals surface area contributed by atoms with Gasteiger partial charge in [-0.05, 0) is 37.4 Å². The van der Waals surface area contributed by atoms with E-state index < -0.39 is 0 Å². The Hall–Kier alpha value is -1.26. The van der Waals surface area contributed by atoms with E-state index in [-0.39, 0.29) is 6.61 Å². The summed E-state index contributed by atoms with van der Waals surface area (Å²) in [5.41, 5.74) is 1.53. The number of benzene rings is 1. The lowest BCUT2D eigenvalue weighted by molar-refractivity contribution is 0.275. The smallest absolute Gasteiger partial charge is 0.226 e. The Morgan fingerprint density at radius 3 is 2.50 bits per heavy atom. The molecule has 0 bridgehead atoms. The van der Waals surface area contributed by atoms with Gasteiger partial charge in [0, 0.05) is 10.5 Å². The van der Waals surface area contributed by atoms with Gasteiger partial charge in [0.05, 0.1) is 6.61 Å². The van der Waals surface area contributed by atoms with Gasteiger partial charge in [-0.3, -0.25) is 0 Å². The molecule has 0 radical (unpaired) electrons. The van der Waals surface area contributed by atoms with E-state index in [0.717, 1.165) is 5.56 Å². The maximum Gasteiger partial charge on any atom is 0.226 e. The van der Waals surface area contributed by atoms with Crippen LogP contribution in [-0.2, 0) is 6.61 Å². The molecule has 3 nitrogen and oxygen atoms in total. The molecule has 0 aliphatic heterocycles. The van der Waals surface area contributed by atoms with E-state index in [1.165, 1.54) is 4.90 Å². The van der Waals surface area contributed by atoms with Gasteiger partial charge in [-0.2, -0.15) is 0 Å². The van der Waals surface area contributed by atoms with Crippen LogP contribution in [0.25, 0.3) is 11.5 Å². The summed E-state index contributed by atoms with van der Waals surface area (Å²) >= 11 is 1.69. The summed E-state index contributed by atoms with van der Waals surface area (Å²) in [6.45, 7) is 1.72. The van der Waals surface area contributed by atoms with Crippen LogP contribution in [0.15, 0.2) is 33.6 Å². The zero-order valence-electron chi connectivity index (χ0n) is 9.23. The number of hydrogen-bond donors (Lipinski definition) is 1. The zero-order chi connectivity index (χ0) is 11.5. The van der Waals surface area contributed by atoms with Crippen molar-refractivity contribution in [3.63, 3.8) is 0 Å². The Morgan fingerprint density at radius 1 is 1.31 bits per heavy atom. The summed E-state index contributed by atoms with van der Waals surface area (Å²) < 4.78 is 5.49. The van der Waals surface area contributed by atoms with E-state index in [1.807, 2.05) is 30.5 Å². The zero-order valence-corrected chi connectivity index (χ0v) is 10.0. The average molecular weight is 235 g/mol. The monoisotopic (exact) mass is 235 g/mol. The van der Waals surface area contributed by atoms with E-state index in [9.17, 15) is 0 Å². The van der Waals surface area contributed by atoms with E-state index in [2.05, 4.69) is 4.98 Å². The van der Waals surface area contributed by atoms with Gasteiger partial charge >= 0.3 is 0 Å². The highest BCUT2D eigenvalue weighted by atomic mass is 32.2. The maximum absolute atomic E-state index is 9.04. The van der Waals surface area contributed by atoms with Gasteiger partial charge in [0.15, 0.2) is 0 Å². The lowest BCUT2D eigenvalue weighted by Crippen LogP contribution is -1.85. The van der Waals surface area contributed by atoms with Crippen molar-refractivity contribution in [1.29, 1.82) is 0 Å². The summed E-state index contributed by atoms with van der Waals surface area (Å²) in [6, 6.07) is 7.99. The molecule has 0 saturated carbocycles. The summed E-state index contributed by atoms with van der Waals surface area (Å²) in [6.07, 6.45) is 2.04. The summed E-state index contributed by atoms with van der Waals surface area (Å²) in [5, 5.41) is 9.04. The number of aromatic nitrogens is 1. The number of aliphatic hydroxyl groups excluding tert-OH is 1. The molecule has 1 heterocycles. The van der Waals surface area contributed by atoms with E-state index in [1.54, 1.807) is 18.7 Å². The molecule has 0 unspecified atom stereocenters. The molecule has 2 aromatic rings. The fourth-order valence-corrected chi connectivity index (χ4v) is 1.84. The number of nitrogens with zero attached hydrogens (tertiary/aromatic N) is 1. The molecular formula is C12H13NO2S. The molecule has 0 aliphatic carbocycles. The topological polar surface area (TPSA) is 46.3 Å². The Kier molecular flexibility index (Phi) is 3.31. The Bertz CT molecular complexity index is 476. The minimum Gasteiger partial charge on any atom is -0.441 e. The van der Waals surface area contributed by atoms with Crippen molar-refractivity contribution in [2.24, 2.45) is 0 Å². The fraction of sp³-hybridized carbons (Fsp3) is 0.250. The van der Waals surface area contributed by atoms with Gasteiger partial charge in [0.2, 0.25) is 5.89 Å². The molecule has 0 spiro atoms. The van der Waals surface area contributed by atoms with Crippen molar-refractivity contribution < 1.29 is 9.52 Å². The lowest BCUT2D eigenvalue weighted by Gasteiger charge is -1.97. The van der Waals surface area contributed by atoms with Crippen LogP contribution in [0.3, 0.4) is 0 Å². The highest BCUT2D eigenvalue weighted by Crippen LogP contribution is 2.24. The van der Waals surface area contributed by atoms with Gasteiger partial charge in [0.25, 0.3) is 0 Å². The number of oxazole rings is 1. The standard InChI is InChI=1S/C12H13NO2S/c1-8-11(7-14)13-12(15-8)9-3-5-10(16-2)6-4-9/h3-6,14H,7H2,1-2H3. The summed E-state index contributed by atoms with van der Waals surface area (Å²) in [5.74, 6) is 1.24. The fourth-order valence-electron chi connectivity index (χ4n) is 1.43. The van der Waals surface area contributed by atoms with Gasteiger partial charge in [-0.15, -0.1) is 11.8 Å². The molecule has 84 valence electrons. The molecule has 1 aromatic carbocycles. The van der Waals surface area contributed by atoms with Crippen LogP contribution < -0.4 is 0 Å². The molecular weight excluding hydrogens is 222 g/mol. The third-order valence-corrected chi connectivity index (χ3v) is 3.12. The minimum absolute atomic E-state index is 0.0851. The second-order valence-electron chi connectivity index (χ2n) is 3.41. The maximum atomic E-state index is 9.04. The van der Waals surface area contributed by atoms with E-state index in [4.69, 9.17) is 9.52 Å². The first kappa shape index (κ1) is 11.2. The number of rotatable bonds is 3. The molecule has 2 rings (SSSR count). The highest BCUT2D eigenvalue weighted by Gasteiger charge is 2.10. The number of hydrogen-bond acceptors (Lipinski definition) is 4. The van der Waals surface area contributed by atoms with Crippen LogP contribution in [0.4, 0.5) is 0 Å². The van der Waals surface area contributed by atoms with Gasteiger partial charge in [0.1, 0.15) is 11.5 Å². The number of aliphatic hydroxyl groups is 1. The minimum atomic E-state index is -0.0851. The molecule has 16 heavy (non-hydrogen) atoms. The third kappa shape index (κ3) is 2.13. The van der Waals surface area contributed by atoms with Crippen LogP contribution >= 0.6 is 11.8 Å². The number of aryl methyl sites for hydroxylation is 1. The average Bonchev–Trinajstić information content (AvgIpc) is 2.71. The van der Waals surface area contributed by atoms with Crippen molar-refractivity contribution in [2.75, 3.05) is 6.26 Å². The predicted molar refractivity (Wildman–Crippen MR) is 64.4 cm³/mol. The first-order valence-corrected chi connectivity index (χ1v) is 6.18. The van der Waals surface area contributed by atoms with Crippen LogP contribution in [0.2, 0.25) is 0 Å². The van der Waals surface area contributed by atoms with Crippen molar-refractivity contribution in [1.82, 2.24) is 4.98 Å². The largest absolute Gasteiger partial charge is 0.441 e. The van der Waals surface area contributed by atoms with Crippen molar-refractivity contribution >= 4 is 11.8 Å². The van der Waals surface area contributed by atoms with E-state index in [0.29, 0.717) is 17.3 Å². The second kappa shape index (κ2) is 4.72. The van der Waals surface area contributed by atoms with Crippen molar-refractivity contribution in [3.8, 4) is 11.5 Å². The SMILES string of the molecule is CSc1ccc(-c2nc(CO)c(C)o2)cc1.